The van der Waals surface area contributed by atoms with Gasteiger partial charge in [0.2, 0.25) is 5.65 Å². The first kappa shape index (κ1) is 18.4. The Balaban J connectivity index is 1.72. The summed E-state index contributed by atoms with van der Waals surface area (Å²) in [5.41, 5.74) is 3.10. The summed E-state index contributed by atoms with van der Waals surface area (Å²) < 4.78 is 7.52. The van der Waals surface area contributed by atoms with E-state index >= 15 is 0 Å². The molecule has 1 aliphatic rings. The molecule has 8 nitrogen and oxygen atoms in total. The van der Waals surface area contributed by atoms with Crippen molar-refractivity contribution in [3.63, 3.8) is 0 Å². The van der Waals surface area contributed by atoms with Gasteiger partial charge < -0.3 is 9.64 Å². The van der Waals surface area contributed by atoms with Crippen LogP contribution in [0.1, 0.15) is 37.1 Å². The number of hydrogen-bond acceptors (Lipinski definition) is 6. The van der Waals surface area contributed by atoms with Crippen molar-refractivity contribution in [1.29, 1.82) is 0 Å². The van der Waals surface area contributed by atoms with Gasteiger partial charge in [0, 0.05) is 18.2 Å². The zero-order chi connectivity index (χ0) is 19.7. The molecule has 0 N–H and O–H groups in total. The molecule has 2 aromatic heterocycles. The van der Waals surface area contributed by atoms with Crippen LogP contribution in [0.5, 0.6) is 0 Å². The number of rotatable bonds is 7. The fourth-order valence-corrected chi connectivity index (χ4v) is 3.67. The van der Waals surface area contributed by atoms with E-state index in [0.717, 1.165) is 42.0 Å². The molecule has 0 amide bonds. The van der Waals surface area contributed by atoms with Crippen molar-refractivity contribution in [2.75, 3.05) is 11.4 Å². The van der Waals surface area contributed by atoms with Gasteiger partial charge in [-0.3, -0.25) is 10.1 Å². The van der Waals surface area contributed by atoms with Crippen LogP contribution in [0.15, 0.2) is 36.5 Å². The number of nitrogens with zero attached hydrogens (tertiary/aromatic N) is 5. The normalized spacial score (nSPS) is 14.4. The zero-order valence-electron chi connectivity index (χ0n) is 16.0. The molecule has 28 heavy (non-hydrogen) atoms. The Morgan fingerprint density at radius 2 is 2.07 bits per heavy atom. The molecule has 1 atom stereocenters. The summed E-state index contributed by atoms with van der Waals surface area (Å²) in [6.45, 7) is 5.93. The molecule has 8 heteroatoms. The summed E-state index contributed by atoms with van der Waals surface area (Å²) in [4.78, 5) is 17.8. The maximum Gasteiger partial charge on any atom is 0.333 e. The van der Waals surface area contributed by atoms with Crippen molar-refractivity contribution in [3.05, 3.63) is 63.5 Å². The average Bonchev–Trinajstić information content (AvgIpc) is 3.32. The Kier molecular flexibility index (Phi) is 4.95. The SMILES string of the molecule is CCC(C)N1CCc2c(COCc3ccccc3)nc3c([N+](=O)[O-])cnn3c21. The monoisotopic (exact) mass is 381 g/mol. The summed E-state index contributed by atoms with van der Waals surface area (Å²) in [5.74, 6) is 0.908. The number of ether oxygens (including phenoxy) is 1. The lowest BCUT2D eigenvalue weighted by Crippen LogP contribution is -2.32. The highest BCUT2D eigenvalue weighted by Crippen LogP contribution is 2.35. The van der Waals surface area contributed by atoms with E-state index in [0.29, 0.717) is 19.3 Å². The van der Waals surface area contributed by atoms with E-state index in [1.165, 1.54) is 6.20 Å². The van der Waals surface area contributed by atoms with Crippen LogP contribution in [0.4, 0.5) is 11.5 Å². The molecule has 1 aliphatic heterocycles. The van der Waals surface area contributed by atoms with E-state index < -0.39 is 4.92 Å². The molecule has 3 heterocycles. The maximum absolute atomic E-state index is 11.4. The number of fused-ring (bicyclic) bond motifs is 3. The van der Waals surface area contributed by atoms with Crippen molar-refractivity contribution in [2.24, 2.45) is 0 Å². The predicted octanol–water partition coefficient (Wildman–Crippen LogP) is 3.52. The highest BCUT2D eigenvalue weighted by molar-refractivity contribution is 5.67. The van der Waals surface area contributed by atoms with Gasteiger partial charge in [-0.1, -0.05) is 37.3 Å². The third kappa shape index (κ3) is 3.20. The van der Waals surface area contributed by atoms with Gasteiger partial charge in [0.1, 0.15) is 12.0 Å². The van der Waals surface area contributed by atoms with Gasteiger partial charge in [-0.25, -0.2) is 4.98 Å². The lowest BCUT2D eigenvalue weighted by atomic mass is 10.2. The second kappa shape index (κ2) is 7.55. The molecule has 0 saturated carbocycles. The Labute approximate surface area is 162 Å². The van der Waals surface area contributed by atoms with Crippen LogP contribution in [0.25, 0.3) is 5.65 Å². The Morgan fingerprint density at radius 3 is 2.79 bits per heavy atom. The summed E-state index contributed by atoms with van der Waals surface area (Å²) in [5, 5.41) is 15.7. The average molecular weight is 381 g/mol. The van der Waals surface area contributed by atoms with Crippen LogP contribution in [0.3, 0.4) is 0 Å². The third-order valence-corrected chi connectivity index (χ3v) is 5.33. The van der Waals surface area contributed by atoms with E-state index in [9.17, 15) is 10.1 Å². The molecule has 3 aromatic rings. The molecule has 146 valence electrons. The van der Waals surface area contributed by atoms with Crippen molar-refractivity contribution in [3.8, 4) is 0 Å². The van der Waals surface area contributed by atoms with E-state index in [-0.39, 0.29) is 11.3 Å². The first-order valence-corrected chi connectivity index (χ1v) is 9.52. The molecule has 0 bridgehead atoms. The summed E-state index contributed by atoms with van der Waals surface area (Å²) in [6, 6.07) is 10.2. The van der Waals surface area contributed by atoms with Crippen LogP contribution >= 0.6 is 0 Å². The molecular weight excluding hydrogens is 358 g/mol. The minimum atomic E-state index is -0.432. The predicted molar refractivity (Wildman–Crippen MR) is 105 cm³/mol. The Bertz CT molecular complexity index is 1000. The molecule has 0 fully saturated rings. The standard InChI is InChI=1S/C20H23N5O3/c1-3-14(2)23-10-9-16-17(13-28-12-15-7-5-4-6-8-15)22-19-18(25(26)27)11-21-24(19)20(16)23/h4-8,11,14H,3,9-10,12-13H2,1-2H3. The number of anilines is 1. The van der Waals surface area contributed by atoms with Crippen LogP contribution in [0, 0.1) is 10.1 Å². The van der Waals surface area contributed by atoms with Crippen LogP contribution in [0.2, 0.25) is 0 Å². The number of benzene rings is 1. The lowest BCUT2D eigenvalue weighted by molar-refractivity contribution is -0.383. The molecule has 1 unspecified atom stereocenters. The topological polar surface area (TPSA) is 85.8 Å². The van der Waals surface area contributed by atoms with E-state index in [1.54, 1.807) is 4.52 Å². The summed E-state index contributed by atoms with van der Waals surface area (Å²) >= 11 is 0. The molecule has 0 saturated heterocycles. The van der Waals surface area contributed by atoms with Crippen LogP contribution < -0.4 is 4.90 Å². The quantitative estimate of drug-likeness (QED) is 0.460. The van der Waals surface area contributed by atoms with Gasteiger partial charge in [0.05, 0.1) is 23.8 Å². The van der Waals surface area contributed by atoms with Gasteiger partial charge in [-0.15, -0.1) is 0 Å². The molecule has 4 rings (SSSR count). The molecular formula is C20H23N5O3. The van der Waals surface area contributed by atoms with Gasteiger partial charge in [-0.2, -0.15) is 9.61 Å². The van der Waals surface area contributed by atoms with E-state index in [2.05, 4.69) is 28.8 Å². The Morgan fingerprint density at radius 1 is 1.29 bits per heavy atom. The minimum Gasteiger partial charge on any atom is -0.370 e. The Hall–Kier alpha value is -3.00. The lowest BCUT2D eigenvalue weighted by Gasteiger charge is -2.26. The van der Waals surface area contributed by atoms with Crippen LogP contribution in [-0.2, 0) is 24.4 Å². The minimum absolute atomic E-state index is 0.0805. The van der Waals surface area contributed by atoms with Gasteiger partial charge in [-0.05, 0) is 25.3 Å². The van der Waals surface area contributed by atoms with Gasteiger partial charge in [0.25, 0.3) is 0 Å². The zero-order valence-corrected chi connectivity index (χ0v) is 16.0. The second-order valence-corrected chi connectivity index (χ2v) is 7.06. The van der Waals surface area contributed by atoms with Crippen molar-refractivity contribution >= 4 is 17.2 Å². The summed E-state index contributed by atoms with van der Waals surface area (Å²) in [7, 11) is 0. The summed E-state index contributed by atoms with van der Waals surface area (Å²) in [6.07, 6.45) is 3.09. The largest absolute Gasteiger partial charge is 0.370 e. The van der Waals surface area contributed by atoms with Crippen molar-refractivity contribution in [1.82, 2.24) is 14.6 Å². The molecule has 1 aromatic carbocycles. The van der Waals surface area contributed by atoms with Crippen molar-refractivity contribution in [2.45, 2.75) is 45.9 Å². The fraction of sp³-hybridized carbons (Fsp3) is 0.400. The highest BCUT2D eigenvalue weighted by Gasteiger charge is 2.32. The highest BCUT2D eigenvalue weighted by atomic mass is 16.6. The first-order chi connectivity index (χ1) is 13.6. The number of hydrogen-bond donors (Lipinski definition) is 0. The smallest absolute Gasteiger partial charge is 0.333 e. The maximum atomic E-state index is 11.4. The van der Waals surface area contributed by atoms with Crippen molar-refractivity contribution < 1.29 is 9.66 Å². The second-order valence-electron chi connectivity index (χ2n) is 7.06. The van der Waals surface area contributed by atoms with Gasteiger partial charge >= 0.3 is 5.69 Å². The number of nitro groups is 1. The molecule has 0 spiro atoms. The van der Waals surface area contributed by atoms with E-state index in [4.69, 9.17) is 4.74 Å². The number of aromatic nitrogens is 3. The van der Waals surface area contributed by atoms with Crippen LogP contribution in [-0.4, -0.2) is 32.1 Å². The first-order valence-electron chi connectivity index (χ1n) is 9.52. The fourth-order valence-electron chi connectivity index (χ4n) is 3.67. The molecule has 0 aliphatic carbocycles. The van der Waals surface area contributed by atoms with E-state index in [1.807, 2.05) is 30.3 Å². The molecule has 0 radical (unpaired) electrons. The van der Waals surface area contributed by atoms with Gasteiger partial charge in [0.15, 0.2) is 0 Å². The third-order valence-electron chi connectivity index (χ3n) is 5.33.